The highest BCUT2D eigenvalue weighted by Crippen LogP contribution is 2.27. The van der Waals surface area contributed by atoms with Crippen LogP contribution >= 0.6 is 24.0 Å². The number of benzene rings is 2. The molecule has 6 heteroatoms. The van der Waals surface area contributed by atoms with Crippen molar-refractivity contribution in [2.75, 3.05) is 26.2 Å². The Labute approximate surface area is 173 Å². The van der Waals surface area contributed by atoms with E-state index >= 15 is 0 Å². The first-order valence-corrected chi connectivity index (χ1v) is 9.48. The maximum atomic E-state index is 12.5. The van der Waals surface area contributed by atoms with Crippen molar-refractivity contribution in [3.63, 3.8) is 0 Å². The predicted octanol–water partition coefficient (Wildman–Crippen LogP) is 4.97. The molecule has 0 saturated heterocycles. The number of carbonyl (C=O) groups excluding carboxylic acids is 1. The number of hydrogen-bond donors (Lipinski definition) is 1. The van der Waals surface area contributed by atoms with Gasteiger partial charge in [-0.15, -0.1) is 12.4 Å². The van der Waals surface area contributed by atoms with Crippen molar-refractivity contribution < 1.29 is 9.53 Å². The minimum atomic E-state index is -0.0998. The molecule has 27 heavy (non-hydrogen) atoms. The molecule has 1 atom stereocenters. The molecule has 0 fully saturated rings. The quantitative estimate of drug-likeness (QED) is 0.633. The van der Waals surface area contributed by atoms with Gasteiger partial charge in [0.1, 0.15) is 5.75 Å². The molecule has 0 aliphatic carbocycles. The molecular formula is C21H28Cl2N2O2. The number of nitrogens with one attached hydrogen (secondary N) is 1. The summed E-state index contributed by atoms with van der Waals surface area (Å²) in [6.45, 7) is 9.02. The van der Waals surface area contributed by atoms with Crippen LogP contribution in [0.5, 0.6) is 5.75 Å². The molecule has 4 nitrogen and oxygen atoms in total. The van der Waals surface area contributed by atoms with Crippen LogP contribution in [0.4, 0.5) is 0 Å². The van der Waals surface area contributed by atoms with Gasteiger partial charge in [-0.05, 0) is 55.9 Å². The number of amides is 1. The van der Waals surface area contributed by atoms with E-state index in [4.69, 9.17) is 16.3 Å². The number of carbonyl (C=O) groups is 1. The topological polar surface area (TPSA) is 41.6 Å². The van der Waals surface area contributed by atoms with E-state index < -0.39 is 0 Å². The molecule has 0 saturated carbocycles. The van der Waals surface area contributed by atoms with Crippen LogP contribution in [0.1, 0.15) is 42.7 Å². The van der Waals surface area contributed by atoms with E-state index in [1.54, 1.807) is 12.1 Å². The Kier molecular flexibility index (Phi) is 10.2. The summed E-state index contributed by atoms with van der Waals surface area (Å²) in [7, 11) is 0. The van der Waals surface area contributed by atoms with Gasteiger partial charge in [-0.1, -0.05) is 43.6 Å². The van der Waals surface area contributed by atoms with Crippen LogP contribution in [-0.2, 0) is 0 Å². The smallest absolute Gasteiger partial charge is 0.251 e. The van der Waals surface area contributed by atoms with E-state index in [2.05, 4.69) is 24.1 Å². The summed E-state index contributed by atoms with van der Waals surface area (Å²) in [5, 5.41) is 3.77. The molecule has 0 aromatic heterocycles. The fraction of sp³-hybridized carbons (Fsp3) is 0.381. The molecule has 148 valence electrons. The van der Waals surface area contributed by atoms with Crippen LogP contribution < -0.4 is 10.1 Å². The lowest BCUT2D eigenvalue weighted by Gasteiger charge is -2.31. The zero-order valence-electron chi connectivity index (χ0n) is 16.1. The van der Waals surface area contributed by atoms with Crippen LogP contribution in [0.15, 0.2) is 48.5 Å². The Morgan fingerprint density at radius 2 is 1.70 bits per heavy atom. The third kappa shape index (κ3) is 6.42. The summed E-state index contributed by atoms with van der Waals surface area (Å²) in [5.41, 5.74) is 1.65. The van der Waals surface area contributed by atoms with Crippen molar-refractivity contribution in [3.8, 4) is 5.75 Å². The van der Waals surface area contributed by atoms with Crippen molar-refractivity contribution in [1.82, 2.24) is 10.2 Å². The Hall–Kier alpha value is -1.75. The zero-order valence-corrected chi connectivity index (χ0v) is 17.6. The number of hydrogen-bond acceptors (Lipinski definition) is 3. The standard InChI is InChI=1S/C21H27ClN2O2.ClH/c1-4-24(5-2)20(18-9-7-8-10-19(18)22)15-23-21(25)16-11-13-17(14-12-16)26-6-3;/h7-14,20H,4-6,15H2,1-3H3,(H,23,25);1H. The molecule has 2 aromatic rings. The second-order valence-electron chi connectivity index (χ2n) is 5.93. The Bertz CT molecular complexity index is 704. The number of nitrogens with zero attached hydrogens (tertiary/aromatic N) is 1. The van der Waals surface area contributed by atoms with E-state index in [1.807, 2.05) is 43.3 Å². The predicted molar refractivity (Wildman–Crippen MR) is 114 cm³/mol. The Morgan fingerprint density at radius 3 is 2.26 bits per heavy atom. The lowest BCUT2D eigenvalue weighted by atomic mass is 10.0. The number of likely N-dealkylation sites (N-methyl/N-ethyl adjacent to an activating group) is 1. The summed E-state index contributed by atoms with van der Waals surface area (Å²) in [6.07, 6.45) is 0. The van der Waals surface area contributed by atoms with Gasteiger partial charge in [0.05, 0.1) is 12.6 Å². The molecule has 0 radical (unpaired) electrons. The monoisotopic (exact) mass is 410 g/mol. The van der Waals surface area contributed by atoms with E-state index in [9.17, 15) is 4.79 Å². The van der Waals surface area contributed by atoms with Crippen molar-refractivity contribution in [3.05, 3.63) is 64.7 Å². The highest BCUT2D eigenvalue weighted by atomic mass is 35.5. The van der Waals surface area contributed by atoms with Gasteiger partial charge < -0.3 is 10.1 Å². The molecular weight excluding hydrogens is 383 g/mol. The highest BCUT2D eigenvalue weighted by Gasteiger charge is 2.21. The first kappa shape index (κ1) is 23.3. The normalized spacial score (nSPS) is 11.6. The number of ether oxygens (including phenoxy) is 1. The third-order valence-corrected chi connectivity index (χ3v) is 4.75. The SMILES string of the molecule is CCOc1ccc(C(=O)NCC(c2ccccc2Cl)N(CC)CC)cc1.Cl. The summed E-state index contributed by atoms with van der Waals surface area (Å²) in [4.78, 5) is 14.8. The van der Waals surface area contributed by atoms with E-state index in [1.165, 1.54) is 0 Å². The van der Waals surface area contributed by atoms with Gasteiger partial charge in [0.15, 0.2) is 0 Å². The lowest BCUT2D eigenvalue weighted by Crippen LogP contribution is -2.38. The Balaban J connectivity index is 0.00000364. The van der Waals surface area contributed by atoms with Crippen LogP contribution in [0.25, 0.3) is 0 Å². The van der Waals surface area contributed by atoms with Gasteiger partial charge in [-0.2, -0.15) is 0 Å². The third-order valence-electron chi connectivity index (χ3n) is 4.40. The highest BCUT2D eigenvalue weighted by molar-refractivity contribution is 6.31. The summed E-state index contributed by atoms with van der Waals surface area (Å²) in [6, 6.07) is 15.0. The van der Waals surface area contributed by atoms with Gasteiger partial charge in [0.25, 0.3) is 5.91 Å². The molecule has 0 aliphatic rings. The average molecular weight is 411 g/mol. The van der Waals surface area contributed by atoms with Gasteiger partial charge >= 0.3 is 0 Å². The second kappa shape index (κ2) is 11.9. The van der Waals surface area contributed by atoms with Crippen molar-refractivity contribution in [2.24, 2.45) is 0 Å². The first-order chi connectivity index (χ1) is 12.6. The minimum absolute atomic E-state index is 0. The summed E-state index contributed by atoms with van der Waals surface area (Å²) >= 11 is 6.40. The largest absolute Gasteiger partial charge is 0.494 e. The van der Waals surface area contributed by atoms with Crippen molar-refractivity contribution in [1.29, 1.82) is 0 Å². The molecule has 1 N–H and O–H groups in total. The molecule has 1 unspecified atom stereocenters. The molecule has 0 spiro atoms. The molecule has 0 bridgehead atoms. The molecule has 0 aliphatic heterocycles. The fourth-order valence-corrected chi connectivity index (χ4v) is 3.27. The van der Waals surface area contributed by atoms with Crippen LogP contribution in [-0.4, -0.2) is 37.0 Å². The van der Waals surface area contributed by atoms with Gasteiger partial charge in [0.2, 0.25) is 0 Å². The van der Waals surface area contributed by atoms with Gasteiger partial charge in [-0.3, -0.25) is 9.69 Å². The van der Waals surface area contributed by atoms with Gasteiger partial charge in [-0.25, -0.2) is 0 Å². The van der Waals surface area contributed by atoms with E-state index in [0.29, 0.717) is 18.7 Å². The van der Waals surface area contributed by atoms with Crippen LogP contribution in [0.2, 0.25) is 5.02 Å². The first-order valence-electron chi connectivity index (χ1n) is 9.10. The van der Waals surface area contributed by atoms with Crippen LogP contribution in [0.3, 0.4) is 0 Å². The maximum Gasteiger partial charge on any atom is 0.251 e. The maximum absolute atomic E-state index is 12.5. The molecule has 2 rings (SSSR count). The fourth-order valence-electron chi connectivity index (χ4n) is 3.01. The lowest BCUT2D eigenvalue weighted by molar-refractivity contribution is 0.0935. The zero-order chi connectivity index (χ0) is 18.9. The number of halogens is 2. The van der Waals surface area contributed by atoms with Crippen LogP contribution in [0, 0.1) is 0 Å². The molecule has 2 aromatic carbocycles. The molecule has 0 heterocycles. The van der Waals surface area contributed by atoms with E-state index in [-0.39, 0.29) is 24.4 Å². The van der Waals surface area contributed by atoms with Crippen molar-refractivity contribution in [2.45, 2.75) is 26.8 Å². The Morgan fingerprint density at radius 1 is 1.07 bits per heavy atom. The summed E-state index contributed by atoms with van der Waals surface area (Å²) < 4.78 is 5.42. The second-order valence-corrected chi connectivity index (χ2v) is 6.33. The molecule has 1 amide bonds. The van der Waals surface area contributed by atoms with E-state index in [0.717, 1.165) is 29.4 Å². The summed E-state index contributed by atoms with van der Waals surface area (Å²) in [5.74, 6) is 0.665. The van der Waals surface area contributed by atoms with Gasteiger partial charge in [0, 0.05) is 17.1 Å². The minimum Gasteiger partial charge on any atom is -0.494 e. The average Bonchev–Trinajstić information content (AvgIpc) is 2.66. The van der Waals surface area contributed by atoms with Crippen molar-refractivity contribution >= 4 is 29.9 Å². The number of rotatable bonds is 9.